The van der Waals surface area contributed by atoms with Crippen molar-refractivity contribution < 1.29 is 9.47 Å². The minimum atomic E-state index is -0.406. The van der Waals surface area contributed by atoms with Crippen LogP contribution in [0, 0.1) is 0 Å². The van der Waals surface area contributed by atoms with Crippen LogP contribution in [0.1, 0.15) is 93.9 Å². The minimum absolute atomic E-state index is 0.111. The van der Waals surface area contributed by atoms with Gasteiger partial charge < -0.3 is 9.47 Å². The predicted octanol–water partition coefficient (Wildman–Crippen LogP) is 6.93. The minimum Gasteiger partial charge on any atom is -0.344 e. The van der Waals surface area contributed by atoms with Crippen molar-refractivity contribution in [3.63, 3.8) is 0 Å². The van der Waals surface area contributed by atoms with Gasteiger partial charge in [0.15, 0.2) is 5.79 Å². The summed E-state index contributed by atoms with van der Waals surface area (Å²) in [4.78, 5) is 0. The second-order valence-electron chi connectivity index (χ2n) is 11.8. The zero-order chi connectivity index (χ0) is 19.9. The fourth-order valence-electron chi connectivity index (χ4n) is 7.20. The van der Waals surface area contributed by atoms with E-state index in [-0.39, 0.29) is 15.8 Å². The highest BCUT2D eigenvalue weighted by Crippen LogP contribution is 2.80. The Morgan fingerprint density at radius 2 is 0.963 bits per heavy atom. The highest BCUT2D eigenvalue weighted by molar-refractivity contribution is 7.66. The van der Waals surface area contributed by atoms with Gasteiger partial charge in [-0.1, -0.05) is 70.2 Å². The molecule has 0 aliphatic carbocycles. The molecule has 27 heavy (non-hydrogen) atoms. The van der Waals surface area contributed by atoms with Crippen molar-refractivity contribution in [1.29, 1.82) is 0 Å². The summed E-state index contributed by atoms with van der Waals surface area (Å²) in [5.41, 5.74) is 0. The van der Waals surface area contributed by atoms with E-state index in [0.717, 1.165) is 0 Å². The van der Waals surface area contributed by atoms with Crippen molar-refractivity contribution in [2.75, 3.05) is 12.3 Å². The molecule has 0 spiro atoms. The van der Waals surface area contributed by atoms with Crippen LogP contribution in [0.3, 0.4) is 0 Å². The van der Waals surface area contributed by atoms with Crippen LogP contribution in [0.4, 0.5) is 0 Å². The van der Waals surface area contributed by atoms with Crippen LogP contribution in [0.5, 0.6) is 0 Å². The predicted molar refractivity (Wildman–Crippen MR) is 120 cm³/mol. The van der Waals surface area contributed by atoms with Gasteiger partial charge in [-0.2, -0.15) is 0 Å². The average Bonchev–Trinajstić information content (AvgIpc) is 2.79. The van der Waals surface area contributed by atoms with Crippen molar-refractivity contribution in [1.82, 2.24) is 0 Å². The molecule has 0 aromatic rings. The molecule has 6 atom stereocenters. The first-order valence-electron chi connectivity index (χ1n) is 11.2. The zero-order valence-corrected chi connectivity index (χ0v) is 20.8. The largest absolute Gasteiger partial charge is 0.344 e. The Kier molecular flexibility index (Phi) is 4.98. The van der Waals surface area contributed by atoms with Crippen LogP contribution in [0.15, 0.2) is 0 Å². The fraction of sp³-hybridized carbons (Fsp3) is 1.00. The van der Waals surface area contributed by atoms with Crippen molar-refractivity contribution in [2.45, 2.75) is 133 Å². The summed E-state index contributed by atoms with van der Waals surface area (Å²) in [5, 5.41) is 1.92. The van der Waals surface area contributed by atoms with Gasteiger partial charge in [-0.15, -0.1) is 0 Å². The van der Waals surface area contributed by atoms with E-state index in [4.69, 9.17) is 9.47 Å². The van der Waals surface area contributed by atoms with Gasteiger partial charge in [0, 0.05) is 0 Å². The Balaban J connectivity index is 1.84. The van der Waals surface area contributed by atoms with Gasteiger partial charge in [-0.3, -0.25) is 0 Å². The van der Waals surface area contributed by atoms with Crippen LogP contribution in [0.2, 0.25) is 0 Å². The summed E-state index contributed by atoms with van der Waals surface area (Å²) in [7, 11) is -0.222. The van der Waals surface area contributed by atoms with Crippen LogP contribution in [0.25, 0.3) is 0 Å². The summed E-state index contributed by atoms with van der Waals surface area (Å²) >= 11 is 0. The van der Waals surface area contributed by atoms with Gasteiger partial charge in [0.1, 0.15) is 0 Å². The summed E-state index contributed by atoms with van der Waals surface area (Å²) in [5.74, 6) is -0.406. The van der Waals surface area contributed by atoms with E-state index in [9.17, 15) is 0 Å². The standard InChI is InChI=1S/C23H42O2P2/c1-19(2)11-9-13-22(7)23(8)14-10-12-20(3,4)27(23)16-18-17(15-26(19)22)24-21(5,6)25-18/h17-18H,9-16H2,1-8H3/t17-,18-,22?,23?,26?,27?/m0/s1. The third-order valence-corrected chi connectivity index (χ3v) is 17.5. The molecule has 0 saturated carbocycles. The Morgan fingerprint density at radius 1 is 0.593 bits per heavy atom. The van der Waals surface area contributed by atoms with Gasteiger partial charge in [-0.25, -0.2) is 0 Å². The van der Waals surface area contributed by atoms with Gasteiger partial charge >= 0.3 is 0 Å². The van der Waals surface area contributed by atoms with E-state index in [1.165, 1.54) is 50.8 Å². The normalized spacial score (nSPS) is 50.7. The Bertz CT molecular complexity index is 551. The molecule has 4 aliphatic rings. The monoisotopic (exact) mass is 412 g/mol. The molecule has 4 saturated heterocycles. The molecule has 4 rings (SSSR count). The molecule has 4 heterocycles. The maximum atomic E-state index is 6.56. The molecule has 156 valence electrons. The molecule has 0 radical (unpaired) electrons. The molecule has 0 N–H and O–H groups in total. The lowest BCUT2D eigenvalue weighted by molar-refractivity contribution is -0.142. The van der Waals surface area contributed by atoms with Crippen LogP contribution in [-0.4, -0.2) is 50.9 Å². The van der Waals surface area contributed by atoms with Crippen molar-refractivity contribution in [2.24, 2.45) is 0 Å². The highest BCUT2D eigenvalue weighted by Gasteiger charge is 2.64. The van der Waals surface area contributed by atoms with Gasteiger partial charge in [0.2, 0.25) is 0 Å². The second kappa shape index (κ2) is 6.39. The molecular formula is C23H42O2P2. The average molecular weight is 413 g/mol. The van der Waals surface area contributed by atoms with E-state index in [2.05, 4.69) is 55.4 Å². The molecule has 2 nitrogen and oxygen atoms in total. The smallest absolute Gasteiger partial charge is 0.163 e. The van der Waals surface area contributed by atoms with E-state index in [1.807, 2.05) is 0 Å². The molecule has 0 bridgehead atoms. The topological polar surface area (TPSA) is 18.5 Å². The fourth-order valence-corrected chi connectivity index (χ4v) is 16.8. The third kappa shape index (κ3) is 3.19. The van der Waals surface area contributed by atoms with E-state index in [1.54, 1.807) is 0 Å². The Morgan fingerprint density at radius 3 is 1.33 bits per heavy atom. The number of rotatable bonds is 0. The first-order valence-corrected chi connectivity index (χ1v) is 14.3. The summed E-state index contributed by atoms with van der Waals surface area (Å²) in [6.07, 6.45) is 11.6. The molecule has 0 aromatic carbocycles. The maximum absolute atomic E-state index is 6.56. The SMILES string of the molecule is CC1(C)O[C@H]2CP3C(C)(C)CCCC3(C)C3(C)CCCC(C)(C)P3C[C@@H]2O1. The molecule has 0 amide bonds. The number of ether oxygens (including phenoxy) is 2. The molecule has 4 heteroatoms. The molecule has 4 unspecified atom stereocenters. The zero-order valence-electron chi connectivity index (χ0n) is 19.0. The Labute approximate surface area is 170 Å². The van der Waals surface area contributed by atoms with Gasteiger partial charge in [-0.05, 0) is 72.5 Å². The Hall–Kier alpha value is 0.780. The number of hydrogen-bond donors (Lipinski definition) is 0. The summed E-state index contributed by atoms with van der Waals surface area (Å²) < 4.78 is 13.1. The quantitative estimate of drug-likeness (QED) is 0.402. The van der Waals surface area contributed by atoms with Crippen LogP contribution >= 0.6 is 15.8 Å². The van der Waals surface area contributed by atoms with E-state index >= 15 is 0 Å². The maximum Gasteiger partial charge on any atom is 0.163 e. The summed E-state index contributed by atoms with van der Waals surface area (Å²) in [6, 6.07) is 0. The molecule has 4 fully saturated rings. The van der Waals surface area contributed by atoms with Crippen molar-refractivity contribution >= 4 is 15.8 Å². The molecular weight excluding hydrogens is 370 g/mol. The lowest BCUT2D eigenvalue weighted by atomic mass is 9.82. The van der Waals surface area contributed by atoms with Crippen LogP contribution in [-0.2, 0) is 9.47 Å². The number of fused-ring (bicyclic) bond motifs is 4. The summed E-state index contributed by atoms with van der Waals surface area (Å²) in [6.45, 7) is 20.0. The first-order chi connectivity index (χ1) is 12.3. The van der Waals surface area contributed by atoms with E-state index < -0.39 is 5.79 Å². The van der Waals surface area contributed by atoms with Crippen molar-refractivity contribution in [3.8, 4) is 0 Å². The first kappa shape index (κ1) is 21.0. The lowest BCUT2D eigenvalue weighted by Gasteiger charge is -2.67. The molecule has 0 aromatic heterocycles. The van der Waals surface area contributed by atoms with Crippen molar-refractivity contribution in [3.05, 3.63) is 0 Å². The van der Waals surface area contributed by atoms with Gasteiger partial charge in [0.25, 0.3) is 0 Å². The number of hydrogen-bond acceptors (Lipinski definition) is 2. The highest BCUT2D eigenvalue weighted by atomic mass is 31.1. The lowest BCUT2D eigenvalue weighted by Crippen LogP contribution is -2.59. The van der Waals surface area contributed by atoms with E-state index in [0.29, 0.717) is 32.8 Å². The second-order valence-corrected chi connectivity index (χ2v) is 18.7. The molecule has 4 aliphatic heterocycles. The van der Waals surface area contributed by atoms with Crippen LogP contribution < -0.4 is 0 Å². The third-order valence-electron chi connectivity index (χ3n) is 8.73. The van der Waals surface area contributed by atoms with Gasteiger partial charge in [0.05, 0.1) is 12.2 Å².